The molecule has 2 atom stereocenters. The molecule has 2 aromatic carbocycles. The van der Waals surface area contributed by atoms with Crippen LogP contribution in [0.3, 0.4) is 0 Å². The molecule has 23 heavy (non-hydrogen) atoms. The zero-order chi connectivity index (χ0) is 17.0. The van der Waals surface area contributed by atoms with Gasteiger partial charge in [-0.05, 0) is 36.4 Å². The lowest BCUT2D eigenvalue weighted by atomic mass is 10.00. The summed E-state index contributed by atoms with van der Waals surface area (Å²) in [5.74, 6) is -0.382. The average molecular weight is 353 g/mol. The van der Waals surface area contributed by atoms with Gasteiger partial charge in [0.05, 0.1) is 17.2 Å². The van der Waals surface area contributed by atoms with Crippen molar-refractivity contribution >= 4 is 34.7 Å². The van der Waals surface area contributed by atoms with E-state index in [1.807, 2.05) is 12.1 Å². The van der Waals surface area contributed by atoms with E-state index in [1.54, 1.807) is 48.3 Å². The molecule has 0 heterocycles. The van der Waals surface area contributed by atoms with Gasteiger partial charge in [-0.3, -0.25) is 4.79 Å². The number of aliphatic hydroxyl groups is 1. The Morgan fingerprint density at radius 3 is 2.39 bits per heavy atom. The molecule has 0 aliphatic rings. The molecule has 3 N–H and O–H groups in total. The fraction of sp³-hybridized carbons (Fsp3) is 0.235. The van der Waals surface area contributed by atoms with Crippen molar-refractivity contribution in [2.24, 2.45) is 5.73 Å². The van der Waals surface area contributed by atoms with E-state index < -0.39 is 12.1 Å². The maximum atomic E-state index is 12.4. The average Bonchev–Trinajstić information content (AvgIpc) is 2.54. The van der Waals surface area contributed by atoms with Crippen LogP contribution in [0, 0.1) is 0 Å². The smallest absolute Gasteiger partial charge is 0.183 e. The number of Topliss-reactive ketones (excluding diaryl/α,β-unsaturated/α-hetero) is 1. The van der Waals surface area contributed by atoms with Crippen LogP contribution in [0.4, 0.5) is 5.69 Å². The highest BCUT2D eigenvalue weighted by Crippen LogP contribution is 2.19. The first kappa shape index (κ1) is 17.8. The quantitative estimate of drug-likeness (QED) is 0.784. The number of likely N-dealkylation sites (N-methyl/N-ethyl adjacent to an activating group) is 1. The molecule has 122 valence electrons. The molecule has 0 amide bonds. The summed E-state index contributed by atoms with van der Waals surface area (Å²) in [5.41, 5.74) is 7.09. The van der Waals surface area contributed by atoms with Gasteiger partial charge in [-0.1, -0.05) is 35.3 Å². The zero-order valence-corrected chi connectivity index (χ0v) is 14.1. The van der Waals surface area contributed by atoms with Gasteiger partial charge < -0.3 is 15.7 Å². The van der Waals surface area contributed by atoms with Gasteiger partial charge in [0.25, 0.3) is 0 Å². The summed E-state index contributed by atoms with van der Waals surface area (Å²) in [7, 11) is 1.80. The minimum atomic E-state index is -1.05. The van der Waals surface area contributed by atoms with Crippen molar-refractivity contribution in [2.45, 2.75) is 12.1 Å². The van der Waals surface area contributed by atoms with Crippen LogP contribution in [0.25, 0.3) is 0 Å². The fourth-order valence-corrected chi connectivity index (χ4v) is 2.57. The second kappa shape index (κ2) is 7.79. The molecule has 0 fully saturated rings. The molecule has 0 aromatic heterocycles. The molecular weight excluding hydrogens is 335 g/mol. The van der Waals surface area contributed by atoms with E-state index in [1.165, 1.54) is 0 Å². The molecule has 0 radical (unpaired) electrons. The van der Waals surface area contributed by atoms with E-state index in [0.717, 1.165) is 5.69 Å². The van der Waals surface area contributed by atoms with E-state index >= 15 is 0 Å². The Balaban J connectivity index is 2.04. The molecule has 0 saturated heterocycles. The predicted octanol–water partition coefficient (Wildman–Crippen LogP) is 3.00. The van der Waals surface area contributed by atoms with Crippen LogP contribution in [0.5, 0.6) is 0 Å². The third-order valence-corrected chi connectivity index (χ3v) is 4.17. The van der Waals surface area contributed by atoms with Gasteiger partial charge in [0.1, 0.15) is 0 Å². The van der Waals surface area contributed by atoms with Crippen molar-refractivity contribution in [1.29, 1.82) is 0 Å². The second-order valence-electron chi connectivity index (χ2n) is 5.29. The lowest BCUT2D eigenvalue weighted by Gasteiger charge is -2.26. The highest BCUT2D eigenvalue weighted by molar-refractivity contribution is 6.34. The van der Waals surface area contributed by atoms with Crippen LogP contribution in [0.1, 0.15) is 10.4 Å². The lowest BCUT2D eigenvalue weighted by molar-refractivity contribution is 0.0830. The molecule has 2 unspecified atom stereocenters. The Kier molecular flexibility index (Phi) is 6.02. The normalized spacial score (nSPS) is 13.4. The number of anilines is 1. The van der Waals surface area contributed by atoms with Gasteiger partial charge in [0, 0.05) is 29.9 Å². The Hall–Kier alpha value is -1.59. The van der Waals surface area contributed by atoms with Gasteiger partial charge in [-0.2, -0.15) is 0 Å². The standard InChI is InChI=1S/C17H18Cl2N2O2/c1-21(12-8-6-11(18)7-9-12)10-15(22)16(20)17(23)13-4-2-3-5-14(13)19/h2-9,15-16,22H,10,20H2,1H3. The minimum Gasteiger partial charge on any atom is -0.389 e. The second-order valence-corrected chi connectivity index (χ2v) is 6.14. The summed E-state index contributed by atoms with van der Waals surface area (Å²) in [4.78, 5) is 14.2. The third kappa shape index (κ3) is 4.45. The summed E-state index contributed by atoms with van der Waals surface area (Å²) < 4.78 is 0. The maximum absolute atomic E-state index is 12.4. The first-order valence-corrected chi connectivity index (χ1v) is 7.85. The van der Waals surface area contributed by atoms with Crippen LogP contribution in [-0.4, -0.2) is 36.6 Å². The molecule has 2 aromatic rings. The van der Waals surface area contributed by atoms with E-state index in [-0.39, 0.29) is 12.3 Å². The van der Waals surface area contributed by atoms with Gasteiger partial charge in [0.15, 0.2) is 5.78 Å². The van der Waals surface area contributed by atoms with Gasteiger partial charge in [0.2, 0.25) is 0 Å². The Labute approximate surface area is 145 Å². The Morgan fingerprint density at radius 1 is 1.17 bits per heavy atom. The molecule has 0 spiro atoms. The number of nitrogens with zero attached hydrogens (tertiary/aromatic N) is 1. The number of carbonyl (C=O) groups excluding carboxylic acids is 1. The summed E-state index contributed by atoms with van der Waals surface area (Å²) in [6.07, 6.45) is -1.03. The number of aliphatic hydroxyl groups excluding tert-OH is 1. The SMILES string of the molecule is CN(CC(O)C(N)C(=O)c1ccccc1Cl)c1ccc(Cl)cc1. The first-order valence-electron chi connectivity index (χ1n) is 7.09. The number of hydrogen-bond donors (Lipinski definition) is 2. The number of rotatable bonds is 6. The first-order chi connectivity index (χ1) is 10.9. The van der Waals surface area contributed by atoms with Crippen molar-refractivity contribution in [3.63, 3.8) is 0 Å². The third-order valence-electron chi connectivity index (χ3n) is 3.58. The van der Waals surface area contributed by atoms with Gasteiger partial charge >= 0.3 is 0 Å². The number of ketones is 1. The van der Waals surface area contributed by atoms with E-state index in [4.69, 9.17) is 28.9 Å². The van der Waals surface area contributed by atoms with Crippen LogP contribution in [0.15, 0.2) is 48.5 Å². The number of benzene rings is 2. The minimum absolute atomic E-state index is 0.207. The molecular formula is C17H18Cl2N2O2. The largest absolute Gasteiger partial charge is 0.389 e. The maximum Gasteiger partial charge on any atom is 0.183 e. The molecule has 4 nitrogen and oxygen atoms in total. The van der Waals surface area contributed by atoms with Crippen molar-refractivity contribution in [3.8, 4) is 0 Å². The highest BCUT2D eigenvalue weighted by Gasteiger charge is 2.26. The lowest BCUT2D eigenvalue weighted by Crippen LogP contribution is -2.47. The number of hydrogen-bond acceptors (Lipinski definition) is 4. The van der Waals surface area contributed by atoms with Crippen LogP contribution >= 0.6 is 23.2 Å². The van der Waals surface area contributed by atoms with Crippen molar-refractivity contribution in [3.05, 3.63) is 64.1 Å². The molecule has 2 rings (SSSR count). The van der Waals surface area contributed by atoms with Crippen LogP contribution in [-0.2, 0) is 0 Å². The summed E-state index contributed by atoms with van der Waals surface area (Å²) >= 11 is 11.9. The van der Waals surface area contributed by atoms with E-state index in [2.05, 4.69) is 0 Å². The van der Waals surface area contributed by atoms with Crippen LogP contribution in [0.2, 0.25) is 10.0 Å². The van der Waals surface area contributed by atoms with E-state index in [9.17, 15) is 9.90 Å². The van der Waals surface area contributed by atoms with Gasteiger partial charge in [-0.15, -0.1) is 0 Å². The molecule has 0 aliphatic heterocycles. The fourth-order valence-electron chi connectivity index (χ4n) is 2.21. The van der Waals surface area contributed by atoms with Gasteiger partial charge in [-0.25, -0.2) is 0 Å². The predicted molar refractivity (Wildman–Crippen MR) is 94.5 cm³/mol. The zero-order valence-electron chi connectivity index (χ0n) is 12.6. The molecule has 0 bridgehead atoms. The number of halogens is 2. The topological polar surface area (TPSA) is 66.6 Å². The van der Waals surface area contributed by atoms with Crippen molar-refractivity contribution in [1.82, 2.24) is 0 Å². The summed E-state index contributed by atoms with van der Waals surface area (Å²) in [5, 5.41) is 11.2. The highest BCUT2D eigenvalue weighted by atomic mass is 35.5. The molecule has 0 aliphatic carbocycles. The number of nitrogens with two attached hydrogens (primary N) is 1. The Morgan fingerprint density at radius 2 is 1.78 bits per heavy atom. The van der Waals surface area contributed by atoms with E-state index in [0.29, 0.717) is 15.6 Å². The van der Waals surface area contributed by atoms with Crippen molar-refractivity contribution in [2.75, 3.05) is 18.5 Å². The van der Waals surface area contributed by atoms with Crippen molar-refractivity contribution < 1.29 is 9.90 Å². The van der Waals surface area contributed by atoms with Crippen LogP contribution < -0.4 is 10.6 Å². The summed E-state index contributed by atoms with van der Waals surface area (Å²) in [6, 6.07) is 12.8. The molecule has 6 heteroatoms. The monoisotopic (exact) mass is 352 g/mol. The Bertz CT molecular complexity index is 677. The number of carbonyl (C=O) groups is 1. The summed E-state index contributed by atoms with van der Waals surface area (Å²) in [6.45, 7) is 0.207. The molecule has 0 saturated carbocycles.